The van der Waals surface area contributed by atoms with Crippen LogP contribution in [0, 0.1) is 0 Å². The highest BCUT2D eigenvalue weighted by atomic mass is 16.7. The number of rotatable bonds is 11. The van der Waals surface area contributed by atoms with Crippen molar-refractivity contribution in [3.05, 3.63) is 12.7 Å². The van der Waals surface area contributed by atoms with Crippen molar-refractivity contribution in [3.8, 4) is 0 Å². The maximum absolute atomic E-state index is 11.4. The van der Waals surface area contributed by atoms with Gasteiger partial charge in [0.05, 0.1) is 12.7 Å². The maximum Gasteiger partial charge on any atom is 0.313 e. The van der Waals surface area contributed by atoms with E-state index in [4.69, 9.17) is 14.2 Å². The molecule has 0 aliphatic carbocycles. The van der Waals surface area contributed by atoms with Crippen molar-refractivity contribution in [2.45, 2.75) is 38.7 Å². The van der Waals surface area contributed by atoms with Gasteiger partial charge in [0.25, 0.3) is 0 Å². The van der Waals surface area contributed by atoms with Gasteiger partial charge in [0.15, 0.2) is 0 Å². The number of esters is 1. The van der Waals surface area contributed by atoms with Crippen LogP contribution in [-0.4, -0.2) is 38.4 Å². The van der Waals surface area contributed by atoms with E-state index in [1.807, 2.05) is 0 Å². The van der Waals surface area contributed by atoms with Crippen molar-refractivity contribution < 1.29 is 23.8 Å². The Kier molecular flexibility index (Phi) is 10.2. The van der Waals surface area contributed by atoms with Crippen molar-refractivity contribution >= 4 is 11.8 Å². The molecule has 0 N–H and O–H groups in total. The molecule has 0 aromatic rings. The van der Waals surface area contributed by atoms with Crippen molar-refractivity contribution in [1.82, 2.24) is 0 Å². The summed E-state index contributed by atoms with van der Waals surface area (Å²) in [6.07, 6.45) is 3.08. The van der Waals surface area contributed by atoms with Gasteiger partial charge in [-0.15, -0.1) is 6.58 Å². The van der Waals surface area contributed by atoms with Crippen LogP contribution in [0.15, 0.2) is 12.7 Å². The number of ketones is 1. The standard InChI is InChI=1S/C13H22O5/c1-4-12(18-10-16-3)8-6-7-11(14)9-13(15)17-5-2/h4,12H,1,5-10H2,2-3H3. The Balaban J connectivity index is 3.71. The number of Topliss-reactive ketones (excluding diaryl/α,β-unsaturated/α-hetero) is 1. The average Bonchev–Trinajstić information content (AvgIpc) is 2.33. The Morgan fingerprint density at radius 2 is 2.11 bits per heavy atom. The molecule has 0 radical (unpaired) electrons. The van der Waals surface area contributed by atoms with Crippen LogP contribution in [0.3, 0.4) is 0 Å². The summed E-state index contributed by atoms with van der Waals surface area (Å²) in [6.45, 7) is 5.86. The Morgan fingerprint density at radius 3 is 2.67 bits per heavy atom. The van der Waals surface area contributed by atoms with Gasteiger partial charge in [-0.25, -0.2) is 0 Å². The maximum atomic E-state index is 11.4. The first kappa shape index (κ1) is 16.8. The molecule has 0 aliphatic rings. The molecule has 0 saturated carbocycles. The zero-order chi connectivity index (χ0) is 13.8. The lowest BCUT2D eigenvalue weighted by molar-refractivity contribution is -0.145. The first-order valence-electron chi connectivity index (χ1n) is 6.04. The van der Waals surface area contributed by atoms with Gasteiger partial charge in [-0.1, -0.05) is 6.08 Å². The summed E-state index contributed by atoms with van der Waals surface area (Å²) in [4.78, 5) is 22.5. The van der Waals surface area contributed by atoms with Crippen LogP contribution in [0.5, 0.6) is 0 Å². The fourth-order valence-electron chi connectivity index (χ4n) is 1.39. The zero-order valence-corrected chi connectivity index (χ0v) is 11.1. The molecule has 0 aliphatic heterocycles. The van der Waals surface area contributed by atoms with Gasteiger partial charge >= 0.3 is 5.97 Å². The molecule has 0 rings (SSSR count). The van der Waals surface area contributed by atoms with Gasteiger partial charge in [0.2, 0.25) is 0 Å². The molecule has 0 fully saturated rings. The second-order valence-corrected chi connectivity index (χ2v) is 3.76. The minimum Gasteiger partial charge on any atom is -0.466 e. The fourth-order valence-corrected chi connectivity index (χ4v) is 1.39. The third-order valence-corrected chi connectivity index (χ3v) is 2.25. The second kappa shape index (κ2) is 10.9. The number of ether oxygens (including phenoxy) is 3. The summed E-state index contributed by atoms with van der Waals surface area (Å²) in [7, 11) is 1.54. The minimum absolute atomic E-state index is 0.108. The van der Waals surface area contributed by atoms with E-state index in [9.17, 15) is 9.59 Å². The Labute approximate surface area is 108 Å². The molecular formula is C13H22O5. The van der Waals surface area contributed by atoms with E-state index in [1.54, 1.807) is 20.1 Å². The molecule has 18 heavy (non-hydrogen) atoms. The van der Waals surface area contributed by atoms with E-state index in [-0.39, 0.29) is 25.1 Å². The largest absolute Gasteiger partial charge is 0.466 e. The van der Waals surface area contributed by atoms with E-state index in [1.165, 1.54) is 0 Å². The van der Waals surface area contributed by atoms with Crippen molar-refractivity contribution in [1.29, 1.82) is 0 Å². The number of carbonyl (C=O) groups is 2. The van der Waals surface area contributed by atoms with Crippen LogP contribution in [-0.2, 0) is 23.8 Å². The predicted octanol–water partition coefficient (Wildman–Crippen LogP) is 1.85. The highest BCUT2D eigenvalue weighted by Crippen LogP contribution is 2.08. The highest BCUT2D eigenvalue weighted by molar-refractivity contribution is 5.95. The molecule has 0 aromatic heterocycles. The first-order valence-corrected chi connectivity index (χ1v) is 6.04. The normalized spacial score (nSPS) is 11.9. The molecule has 5 heteroatoms. The fraction of sp³-hybridized carbons (Fsp3) is 0.692. The molecule has 104 valence electrons. The SMILES string of the molecule is C=CC(CCCC(=O)CC(=O)OCC)OCOC. The zero-order valence-electron chi connectivity index (χ0n) is 11.1. The third-order valence-electron chi connectivity index (χ3n) is 2.25. The Bertz CT molecular complexity index is 262. The first-order chi connectivity index (χ1) is 8.63. The Hall–Kier alpha value is -1.20. The molecule has 0 heterocycles. The van der Waals surface area contributed by atoms with Crippen LogP contribution < -0.4 is 0 Å². The quantitative estimate of drug-likeness (QED) is 0.245. The van der Waals surface area contributed by atoms with Crippen LogP contribution >= 0.6 is 0 Å². The van der Waals surface area contributed by atoms with Crippen LogP contribution in [0.4, 0.5) is 0 Å². The van der Waals surface area contributed by atoms with E-state index < -0.39 is 5.97 Å². The van der Waals surface area contributed by atoms with Gasteiger partial charge < -0.3 is 14.2 Å². The number of methoxy groups -OCH3 is 1. The lowest BCUT2D eigenvalue weighted by Gasteiger charge is -2.12. The average molecular weight is 258 g/mol. The van der Waals surface area contributed by atoms with Crippen LogP contribution in [0.25, 0.3) is 0 Å². The molecular weight excluding hydrogens is 236 g/mol. The lowest BCUT2D eigenvalue weighted by atomic mass is 10.1. The van der Waals surface area contributed by atoms with Gasteiger partial charge in [-0.05, 0) is 19.8 Å². The number of hydrogen-bond donors (Lipinski definition) is 0. The van der Waals surface area contributed by atoms with E-state index in [0.717, 1.165) is 0 Å². The van der Waals surface area contributed by atoms with E-state index in [2.05, 4.69) is 6.58 Å². The molecule has 0 bridgehead atoms. The topological polar surface area (TPSA) is 61.8 Å². The summed E-state index contributed by atoms with van der Waals surface area (Å²) in [5.74, 6) is -0.568. The van der Waals surface area contributed by atoms with Gasteiger partial charge in [-0.3, -0.25) is 9.59 Å². The van der Waals surface area contributed by atoms with E-state index in [0.29, 0.717) is 25.9 Å². The predicted molar refractivity (Wildman–Crippen MR) is 67.1 cm³/mol. The van der Waals surface area contributed by atoms with Crippen molar-refractivity contribution in [2.75, 3.05) is 20.5 Å². The molecule has 0 aromatic carbocycles. The van der Waals surface area contributed by atoms with E-state index >= 15 is 0 Å². The van der Waals surface area contributed by atoms with Gasteiger partial charge in [0.1, 0.15) is 19.0 Å². The smallest absolute Gasteiger partial charge is 0.313 e. The van der Waals surface area contributed by atoms with Crippen LogP contribution in [0.2, 0.25) is 0 Å². The second-order valence-electron chi connectivity index (χ2n) is 3.76. The van der Waals surface area contributed by atoms with Crippen molar-refractivity contribution in [3.63, 3.8) is 0 Å². The third kappa shape index (κ3) is 8.90. The molecule has 1 atom stereocenters. The molecule has 5 nitrogen and oxygen atoms in total. The number of carbonyl (C=O) groups excluding carboxylic acids is 2. The minimum atomic E-state index is -0.460. The lowest BCUT2D eigenvalue weighted by Crippen LogP contribution is -2.14. The van der Waals surface area contributed by atoms with Gasteiger partial charge in [-0.2, -0.15) is 0 Å². The monoisotopic (exact) mass is 258 g/mol. The summed E-state index contributed by atoms with van der Waals surface area (Å²) in [5, 5.41) is 0. The Morgan fingerprint density at radius 1 is 1.39 bits per heavy atom. The highest BCUT2D eigenvalue weighted by Gasteiger charge is 2.11. The molecule has 1 unspecified atom stereocenters. The van der Waals surface area contributed by atoms with Crippen molar-refractivity contribution in [2.24, 2.45) is 0 Å². The van der Waals surface area contributed by atoms with Crippen LogP contribution in [0.1, 0.15) is 32.6 Å². The molecule has 0 spiro atoms. The molecule has 0 saturated heterocycles. The number of hydrogen-bond acceptors (Lipinski definition) is 5. The summed E-state index contributed by atoms with van der Waals surface area (Å²) in [6, 6.07) is 0. The summed E-state index contributed by atoms with van der Waals surface area (Å²) >= 11 is 0. The summed E-state index contributed by atoms with van der Waals surface area (Å²) < 4.78 is 14.8. The summed E-state index contributed by atoms with van der Waals surface area (Å²) in [5.41, 5.74) is 0. The molecule has 0 amide bonds. The van der Waals surface area contributed by atoms with Gasteiger partial charge in [0, 0.05) is 13.5 Å².